The number of aliphatic hydroxyl groups excluding tert-OH is 1. The lowest BCUT2D eigenvalue weighted by atomic mass is 10.2. The fourth-order valence-corrected chi connectivity index (χ4v) is 2.82. The van der Waals surface area contributed by atoms with Crippen molar-refractivity contribution in [2.24, 2.45) is 0 Å². The molecule has 2 N–H and O–H groups in total. The lowest BCUT2D eigenvalue weighted by Crippen LogP contribution is -2.35. The Hall–Kier alpha value is -1.40. The number of anilines is 3. The van der Waals surface area contributed by atoms with Crippen molar-refractivity contribution in [3.8, 4) is 0 Å². The highest BCUT2D eigenvalue weighted by Gasteiger charge is 2.25. The maximum absolute atomic E-state index is 9.16. The number of nitrogens with zero attached hydrogens (tertiary/aromatic N) is 3. The lowest BCUT2D eigenvalue weighted by molar-refractivity contribution is 0.302. The van der Waals surface area contributed by atoms with Crippen LogP contribution < -0.4 is 15.1 Å². The van der Waals surface area contributed by atoms with Crippen LogP contribution in [0, 0.1) is 0 Å². The first-order valence-corrected chi connectivity index (χ1v) is 8.70. The third-order valence-corrected chi connectivity index (χ3v) is 4.12. The fraction of sp³-hybridized carbons (Fsp3) is 0.667. The quantitative estimate of drug-likeness (QED) is 0.747. The van der Waals surface area contributed by atoms with Gasteiger partial charge in [0.15, 0.2) is 0 Å². The molecule has 1 unspecified atom stereocenters. The second kappa shape index (κ2) is 11.2. The van der Waals surface area contributed by atoms with E-state index < -0.39 is 0 Å². The van der Waals surface area contributed by atoms with Gasteiger partial charge in [-0.2, -0.15) is 0 Å². The molecule has 1 aliphatic rings. The molecule has 0 fully saturated rings. The van der Waals surface area contributed by atoms with Gasteiger partial charge in [0.1, 0.15) is 0 Å². The lowest BCUT2D eigenvalue weighted by Gasteiger charge is -2.24. The summed E-state index contributed by atoms with van der Waals surface area (Å²) in [5, 5.41) is 12.8. The second-order valence-corrected chi connectivity index (χ2v) is 5.87. The van der Waals surface area contributed by atoms with Crippen LogP contribution in [0.25, 0.3) is 0 Å². The minimum atomic E-state index is 0. The molecule has 2 radical (unpaired) electrons. The zero-order valence-electron chi connectivity index (χ0n) is 16.3. The van der Waals surface area contributed by atoms with E-state index in [0.717, 1.165) is 19.5 Å². The topological polar surface area (TPSA) is 42.0 Å². The summed E-state index contributed by atoms with van der Waals surface area (Å²) in [5.41, 5.74) is 3.61. The fourth-order valence-electron chi connectivity index (χ4n) is 2.82. The van der Waals surface area contributed by atoms with Crippen LogP contribution in [0.3, 0.4) is 0 Å². The number of nitrogens with one attached hydrogen (secondary N) is 1. The van der Waals surface area contributed by atoms with Gasteiger partial charge in [-0.15, -0.1) is 0 Å². The smallest absolute Gasteiger partial charge is 0.1000 e. The molecule has 6 heteroatoms. The summed E-state index contributed by atoms with van der Waals surface area (Å²) in [6, 6.07) is 6.51. The Bertz CT molecular complexity index is 470. The number of rotatable bonds is 7. The average Bonchev–Trinajstić information content (AvgIpc) is 2.88. The SMILES string of the molecule is CC.CCN(CCO)c1ccc2c(c1)NC(CCN(C)C)N2C.[BH]. The minimum Gasteiger partial charge on any atom is -0.395 e. The third-order valence-electron chi connectivity index (χ3n) is 4.12. The van der Waals surface area contributed by atoms with E-state index in [1.807, 2.05) is 13.8 Å². The number of hydrogen-bond donors (Lipinski definition) is 2. The normalized spacial score (nSPS) is 15.2. The Balaban J connectivity index is 0.00000170. The van der Waals surface area contributed by atoms with E-state index in [4.69, 9.17) is 5.11 Å². The molecule has 0 aliphatic carbocycles. The maximum atomic E-state index is 9.16. The summed E-state index contributed by atoms with van der Waals surface area (Å²) in [4.78, 5) is 6.71. The number of hydrogen-bond acceptors (Lipinski definition) is 5. The maximum Gasteiger partial charge on any atom is 0.1000 e. The molecular weight excluding hydrogens is 299 g/mol. The highest BCUT2D eigenvalue weighted by atomic mass is 16.3. The third kappa shape index (κ3) is 5.60. The van der Waals surface area contributed by atoms with Crippen molar-refractivity contribution >= 4 is 25.5 Å². The summed E-state index contributed by atoms with van der Waals surface area (Å²) in [7, 11) is 6.35. The van der Waals surface area contributed by atoms with Gasteiger partial charge >= 0.3 is 0 Å². The first-order chi connectivity index (χ1) is 11.1. The molecule has 1 aromatic rings. The Morgan fingerprint density at radius 2 is 1.88 bits per heavy atom. The monoisotopic (exact) mass is 334 g/mol. The van der Waals surface area contributed by atoms with Crippen molar-refractivity contribution in [2.45, 2.75) is 33.4 Å². The molecule has 1 heterocycles. The number of aliphatic hydroxyl groups is 1. The second-order valence-electron chi connectivity index (χ2n) is 5.87. The predicted octanol–water partition coefficient (Wildman–Crippen LogP) is 2.02. The van der Waals surface area contributed by atoms with Gasteiger partial charge < -0.3 is 25.1 Å². The molecule has 5 nitrogen and oxygen atoms in total. The summed E-state index contributed by atoms with van der Waals surface area (Å²) in [5.74, 6) is 0. The van der Waals surface area contributed by atoms with Crippen molar-refractivity contribution in [1.29, 1.82) is 0 Å². The summed E-state index contributed by atoms with van der Waals surface area (Å²) < 4.78 is 0. The first-order valence-electron chi connectivity index (χ1n) is 8.70. The molecular formula is C18H35BN4O. The predicted molar refractivity (Wildman–Crippen MR) is 109 cm³/mol. The van der Waals surface area contributed by atoms with Crippen molar-refractivity contribution in [3.05, 3.63) is 18.2 Å². The molecule has 0 spiro atoms. The average molecular weight is 334 g/mol. The molecule has 1 aliphatic heterocycles. The Morgan fingerprint density at radius 3 is 2.42 bits per heavy atom. The molecule has 0 saturated carbocycles. The number of benzene rings is 1. The van der Waals surface area contributed by atoms with E-state index in [9.17, 15) is 0 Å². The Labute approximate surface area is 150 Å². The van der Waals surface area contributed by atoms with Gasteiger partial charge in [-0.3, -0.25) is 0 Å². The van der Waals surface area contributed by atoms with Gasteiger partial charge in [0.2, 0.25) is 0 Å². The largest absolute Gasteiger partial charge is 0.395 e. The van der Waals surface area contributed by atoms with Crippen LogP contribution in [0.2, 0.25) is 0 Å². The number of fused-ring (bicyclic) bond motifs is 1. The summed E-state index contributed by atoms with van der Waals surface area (Å²) in [6.07, 6.45) is 1.44. The Morgan fingerprint density at radius 1 is 1.21 bits per heavy atom. The van der Waals surface area contributed by atoms with E-state index in [0.29, 0.717) is 12.7 Å². The van der Waals surface area contributed by atoms with Gasteiger partial charge in [-0.05, 0) is 45.6 Å². The van der Waals surface area contributed by atoms with Crippen LogP contribution in [-0.2, 0) is 0 Å². The molecule has 0 saturated heterocycles. The van der Waals surface area contributed by atoms with E-state index in [-0.39, 0.29) is 15.0 Å². The number of likely N-dealkylation sites (N-methyl/N-ethyl adjacent to an activating group) is 1. The molecule has 1 atom stereocenters. The van der Waals surface area contributed by atoms with Crippen LogP contribution in [0.1, 0.15) is 27.2 Å². The van der Waals surface area contributed by atoms with E-state index in [2.05, 4.69) is 66.3 Å². The highest BCUT2D eigenvalue weighted by molar-refractivity contribution is 5.79. The van der Waals surface area contributed by atoms with Gasteiger partial charge in [-0.25, -0.2) is 0 Å². The van der Waals surface area contributed by atoms with Crippen molar-refractivity contribution in [3.63, 3.8) is 0 Å². The van der Waals surface area contributed by atoms with E-state index in [1.54, 1.807) is 0 Å². The molecule has 0 aromatic heterocycles. The van der Waals surface area contributed by atoms with Gasteiger partial charge in [0, 0.05) is 40.8 Å². The van der Waals surface area contributed by atoms with Crippen LogP contribution >= 0.6 is 0 Å². The minimum absolute atomic E-state index is 0. The van der Waals surface area contributed by atoms with Crippen LogP contribution in [0.15, 0.2) is 18.2 Å². The van der Waals surface area contributed by atoms with E-state index in [1.165, 1.54) is 17.1 Å². The molecule has 0 bridgehead atoms. The molecule has 136 valence electrons. The highest BCUT2D eigenvalue weighted by Crippen LogP contribution is 2.37. The molecule has 2 rings (SSSR count). The summed E-state index contributed by atoms with van der Waals surface area (Å²) in [6.45, 7) is 8.94. The van der Waals surface area contributed by atoms with Gasteiger partial charge in [0.25, 0.3) is 0 Å². The Kier molecular flexibility index (Phi) is 10.6. The zero-order chi connectivity index (χ0) is 17.4. The molecule has 24 heavy (non-hydrogen) atoms. The van der Waals surface area contributed by atoms with Gasteiger partial charge in [-0.1, -0.05) is 13.8 Å². The zero-order valence-corrected chi connectivity index (χ0v) is 16.3. The molecule has 1 aromatic carbocycles. The van der Waals surface area contributed by atoms with Crippen LogP contribution in [-0.4, -0.2) is 72.0 Å². The van der Waals surface area contributed by atoms with Crippen molar-refractivity contribution in [2.75, 3.05) is 62.5 Å². The van der Waals surface area contributed by atoms with Crippen molar-refractivity contribution < 1.29 is 5.11 Å². The first kappa shape index (κ1) is 22.6. The van der Waals surface area contributed by atoms with Crippen LogP contribution in [0.5, 0.6) is 0 Å². The van der Waals surface area contributed by atoms with Gasteiger partial charge in [0.05, 0.1) is 24.1 Å². The summed E-state index contributed by atoms with van der Waals surface area (Å²) >= 11 is 0. The van der Waals surface area contributed by atoms with Crippen LogP contribution in [0.4, 0.5) is 17.1 Å². The van der Waals surface area contributed by atoms with Crippen molar-refractivity contribution in [1.82, 2.24) is 4.90 Å². The standard InChI is InChI=1S/C16H28N4O.C2H6.BH/c1-5-20(10-11-21)13-6-7-15-14(12-13)17-16(19(15)4)8-9-18(2)3;1-2;/h6-7,12,16-17,21H,5,8-11H2,1-4H3;1-2H3;1H. The molecule has 0 amide bonds. The van der Waals surface area contributed by atoms with E-state index >= 15 is 0 Å².